The summed E-state index contributed by atoms with van der Waals surface area (Å²) in [5.41, 5.74) is 1.08. The van der Waals surface area contributed by atoms with E-state index in [-0.39, 0.29) is 5.69 Å². The summed E-state index contributed by atoms with van der Waals surface area (Å²) in [6.07, 6.45) is 4.33. The largest absolute Gasteiger partial charge is 0.338 e. The fourth-order valence-corrected chi connectivity index (χ4v) is 1.78. The Morgan fingerprint density at radius 1 is 1.45 bits per heavy atom. The van der Waals surface area contributed by atoms with Crippen molar-refractivity contribution in [1.82, 2.24) is 15.1 Å². The van der Waals surface area contributed by atoms with Gasteiger partial charge in [0.25, 0.3) is 0 Å². The number of aromatic nitrogens is 2. The second-order valence-corrected chi connectivity index (χ2v) is 4.49. The van der Waals surface area contributed by atoms with Crippen LogP contribution in [0, 0.1) is 12.7 Å². The van der Waals surface area contributed by atoms with E-state index >= 15 is 0 Å². The quantitative estimate of drug-likeness (QED) is 0.824. The van der Waals surface area contributed by atoms with E-state index in [9.17, 15) is 9.18 Å². The van der Waals surface area contributed by atoms with Crippen LogP contribution in [0.2, 0.25) is 0 Å². The summed E-state index contributed by atoms with van der Waals surface area (Å²) in [6.45, 7) is 3.07. The Balaban J connectivity index is 1.73. The van der Waals surface area contributed by atoms with E-state index in [1.807, 2.05) is 19.2 Å². The Hall–Kier alpha value is -2.37. The van der Waals surface area contributed by atoms with Crippen LogP contribution in [0.4, 0.5) is 14.9 Å². The predicted molar refractivity (Wildman–Crippen MR) is 75.0 cm³/mol. The average Bonchev–Trinajstić information content (AvgIpc) is 2.92. The molecule has 20 heavy (non-hydrogen) atoms. The summed E-state index contributed by atoms with van der Waals surface area (Å²) >= 11 is 0. The number of urea groups is 1. The number of aryl methyl sites for hydroxylation is 2. The molecule has 0 saturated heterocycles. The van der Waals surface area contributed by atoms with Gasteiger partial charge in [0.15, 0.2) is 0 Å². The molecule has 6 heteroatoms. The van der Waals surface area contributed by atoms with E-state index in [4.69, 9.17) is 0 Å². The van der Waals surface area contributed by atoms with Crippen molar-refractivity contribution in [2.45, 2.75) is 19.9 Å². The number of rotatable bonds is 5. The number of carbonyl (C=O) groups is 1. The zero-order valence-corrected chi connectivity index (χ0v) is 11.3. The Kier molecular flexibility index (Phi) is 4.70. The maximum Gasteiger partial charge on any atom is 0.319 e. The molecule has 1 aromatic heterocycles. The van der Waals surface area contributed by atoms with Crippen molar-refractivity contribution < 1.29 is 9.18 Å². The van der Waals surface area contributed by atoms with E-state index < -0.39 is 11.8 Å². The molecule has 1 aromatic carbocycles. The average molecular weight is 276 g/mol. The predicted octanol–water partition coefficient (Wildman–Crippen LogP) is 2.54. The summed E-state index contributed by atoms with van der Waals surface area (Å²) in [5.74, 6) is -0.442. The lowest BCUT2D eigenvalue weighted by molar-refractivity contribution is 0.251. The fourth-order valence-electron chi connectivity index (χ4n) is 1.78. The van der Waals surface area contributed by atoms with Crippen LogP contribution in [-0.4, -0.2) is 22.4 Å². The molecule has 0 atom stereocenters. The van der Waals surface area contributed by atoms with Crippen LogP contribution in [-0.2, 0) is 6.54 Å². The van der Waals surface area contributed by atoms with Gasteiger partial charge in [0.1, 0.15) is 5.82 Å². The van der Waals surface area contributed by atoms with Crippen molar-refractivity contribution in [2.75, 3.05) is 11.9 Å². The smallest absolute Gasteiger partial charge is 0.319 e. The number of hydrogen-bond acceptors (Lipinski definition) is 2. The topological polar surface area (TPSA) is 59.0 Å². The maximum atomic E-state index is 13.5. The van der Waals surface area contributed by atoms with Crippen molar-refractivity contribution in [3.8, 4) is 0 Å². The molecule has 0 saturated carbocycles. The van der Waals surface area contributed by atoms with Gasteiger partial charge in [-0.15, -0.1) is 0 Å². The number of halogens is 1. The van der Waals surface area contributed by atoms with E-state index in [1.54, 1.807) is 23.0 Å². The Labute approximate surface area is 116 Å². The Bertz CT molecular complexity index is 569. The molecule has 0 bridgehead atoms. The van der Waals surface area contributed by atoms with Crippen molar-refractivity contribution in [3.63, 3.8) is 0 Å². The summed E-state index contributed by atoms with van der Waals surface area (Å²) < 4.78 is 15.2. The van der Waals surface area contributed by atoms with Crippen molar-refractivity contribution in [2.24, 2.45) is 0 Å². The molecular formula is C14H17FN4O. The van der Waals surface area contributed by atoms with E-state index in [1.165, 1.54) is 6.07 Å². The number of hydrogen-bond donors (Lipinski definition) is 2. The highest BCUT2D eigenvalue weighted by Crippen LogP contribution is 2.15. The zero-order valence-electron chi connectivity index (χ0n) is 11.3. The summed E-state index contributed by atoms with van der Waals surface area (Å²) in [5, 5.41) is 9.24. The zero-order chi connectivity index (χ0) is 14.4. The lowest BCUT2D eigenvalue weighted by Gasteiger charge is -2.09. The van der Waals surface area contributed by atoms with Gasteiger partial charge in [-0.3, -0.25) is 4.68 Å². The summed E-state index contributed by atoms with van der Waals surface area (Å²) in [7, 11) is 0. The molecule has 0 aliphatic heterocycles. The van der Waals surface area contributed by atoms with Crippen LogP contribution in [0.5, 0.6) is 0 Å². The van der Waals surface area contributed by atoms with Crippen LogP contribution >= 0.6 is 0 Å². The van der Waals surface area contributed by atoms with Gasteiger partial charge < -0.3 is 10.6 Å². The van der Waals surface area contributed by atoms with Crippen molar-refractivity contribution in [1.29, 1.82) is 0 Å². The van der Waals surface area contributed by atoms with Gasteiger partial charge >= 0.3 is 6.03 Å². The van der Waals surface area contributed by atoms with Crippen LogP contribution in [0.15, 0.2) is 36.7 Å². The van der Waals surface area contributed by atoms with Gasteiger partial charge in [-0.25, -0.2) is 9.18 Å². The highest BCUT2D eigenvalue weighted by molar-refractivity contribution is 5.89. The van der Waals surface area contributed by atoms with Crippen LogP contribution in [0.3, 0.4) is 0 Å². The molecule has 2 rings (SSSR count). The summed E-state index contributed by atoms with van der Waals surface area (Å²) in [6, 6.07) is 6.03. The SMILES string of the molecule is Cc1ccc(F)c(NC(=O)NCCCn2cccn2)c1. The molecule has 2 amide bonds. The lowest BCUT2D eigenvalue weighted by atomic mass is 10.2. The van der Waals surface area contributed by atoms with Gasteiger partial charge in [0.2, 0.25) is 0 Å². The minimum atomic E-state index is -0.442. The number of nitrogens with one attached hydrogen (secondary N) is 2. The van der Waals surface area contributed by atoms with E-state index in [2.05, 4.69) is 15.7 Å². The molecule has 2 aromatic rings. The first-order valence-corrected chi connectivity index (χ1v) is 6.43. The monoisotopic (exact) mass is 276 g/mol. The lowest BCUT2D eigenvalue weighted by Crippen LogP contribution is -2.30. The highest BCUT2D eigenvalue weighted by Gasteiger charge is 2.06. The van der Waals surface area contributed by atoms with Gasteiger partial charge in [0, 0.05) is 25.5 Å². The molecule has 2 N–H and O–H groups in total. The molecule has 1 heterocycles. The molecule has 5 nitrogen and oxygen atoms in total. The number of benzene rings is 1. The molecule has 0 aliphatic carbocycles. The third kappa shape index (κ3) is 4.08. The molecule has 0 fully saturated rings. The number of amides is 2. The number of nitrogens with zero attached hydrogens (tertiary/aromatic N) is 2. The number of carbonyl (C=O) groups excluding carboxylic acids is 1. The van der Waals surface area contributed by atoms with Crippen molar-refractivity contribution in [3.05, 3.63) is 48.0 Å². The molecule has 106 valence electrons. The second kappa shape index (κ2) is 6.70. The Morgan fingerprint density at radius 2 is 2.30 bits per heavy atom. The first-order chi connectivity index (χ1) is 9.65. The standard InChI is InChI=1S/C14H17FN4O/c1-11-4-5-12(15)13(10-11)18-14(20)16-6-2-8-19-9-3-7-17-19/h3-5,7,9-10H,2,6,8H2,1H3,(H2,16,18,20). The normalized spacial score (nSPS) is 10.3. The first-order valence-electron chi connectivity index (χ1n) is 6.43. The van der Waals surface area contributed by atoms with Gasteiger partial charge in [-0.2, -0.15) is 5.10 Å². The fraction of sp³-hybridized carbons (Fsp3) is 0.286. The van der Waals surface area contributed by atoms with Gasteiger partial charge in [-0.1, -0.05) is 6.07 Å². The minimum Gasteiger partial charge on any atom is -0.338 e. The first kappa shape index (κ1) is 14.0. The molecular weight excluding hydrogens is 259 g/mol. The molecule has 0 spiro atoms. The maximum absolute atomic E-state index is 13.5. The van der Waals surface area contributed by atoms with Gasteiger partial charge in [0.05, 0.1) is 5.69 Å². The molecule has 0 unspecified atom stereocenters. The van der Waals surface area contributed by atoms with Crippen LogP contribution in [0.1, 0.15) is 12.0 Å². The second-order valence-electron chi connectivity index (χ2n) is 4.49. The van der Waals surface area contributed by atoms with Gasteiger partial charge in [-0.05, 0) is 37.1 Å². The van der Waals surface area contributed by atoms with E-state index in [0.29, 0.717) is 6.54 Å². The third-order valence-corrected chi connectivity index (χ3v) is 2.78. The van der Waals surface area contributed by atoms with Crippen LogP contribution in [0.25, 0.3) is 0 Å². The van der Waals surface area contributed by atoms with E-state index in [0.717, 1.165) is 18.5 Å². The number of anilines is 1. The summed E-state index contributed by atoms with van der Waals surface area (Å²) in [4.78, 5) is 11.6. The highest BCUT2D eigenvalue weighted by atomic mass is 19.1. The Morgan fingerprint density at radius 3 is 3.05 bits per heavy atom. The minimum absolute atomic E-state index is 0.189. The van der Waals surface area contributed by atoms with Crippen molar-refractivity contribution >= 4 is 11.7 Å². The molecule has 0 aliphatic rings. The molecule has 0 radical (unpaired) electrons. The third-order valence-electron chi connectivity index (χ3n) is 2.78. The van der Waals surface area contributed by atoms with Crippen LogP contribution < -0.4 is 10.6 Å².